The fraction of sp³-hybridized carbons (Fsp3) is 0.846. The molecule has 0 saturated heterocycles. The summed E-state index contributed by atoms with van der Waals surface area (Å²) in [6, 6.07) is 0. The molecule has 0 aromatic carbocycles. The van der Waals surface area contributed by atoms with Crippen molar-refractivity contribution in [2.24, 2.45) is 0 Å². The molecule has 0 atom stereocenters. The van der Waals surface area contributed by atoms with Crippen molar-refractivity contribution in [2.45, 2.75) is 89.9 Å². The lowest BCUT2D eigenvalue weighted by Crippen LogP contribution is -2.35. The number of aliphatic hydroxyl groups is 4. The smallest absolute Gasteiger partial charge is 0.222 e. The third kappa shape index (κ3) is 18.9. The van der Waals surface area contributed by atoms with Crippen LogP contribution in [-0.2, 0) is 9.59 Å². The minimum absolute atomic E-state index is 0.0160. The van der Waals surface area contributed by atoms with Gasteiger partial charge in [-0.25, -0.2) is 0 Å². The number of carbonyl (C=O) groups excluding carboxylic acids is 2. The van der Waals surface area contributed by atoms with E-state index in [1.807, 2.05) is 0 Å². The van der Waals surface area contributed by atoms with Crippen molar-refractivity contribution in [3.8, 4) is 0 Å². The zero-order chi connectivity index (χ0) is 25.3. The van der Waals surface area contributed by atoms with Crippen molar-refractivity contribution < 1.29 is 30.0 Å². The summed E-state index contributed by atoms with van der Waals surface area (Å²) in [5.41, 5.74) is 0. The molecule has 200 valence electrons. The van der Waals surface area contributed by atoms with E-state index in [9.17, 15) is 9.59 Å². The Morgan fingerprint density at radius 1 is 0.471 bits per heavy atom. The minimum Gasteiger partial charge on any atom is -0.395 e. The maximum atomic E-state index is 12.0. The van der Waals surface area contributed by atoms with E-state index in [1.54, 1.807) is 0 Å². The lowest BCUT2D eigenvalue weighted by Gasteiger charge is -2.20. The van der Waals surface area contributed by atoms with Gasteiger partial charge in [0.25, 0.3) is 0 Å². The summed E-state index contributed by atoms with van der Waals surface area (Å²) in [6.45, 7) is 0.904. The number of carbonyl (C=O) groups is 2. The molecule has 0 aliphatic heterocycles. The second-order valence-corrected chi connectivity index (χ2v) is 8.74. The van der Waals surface area contributed by atoms with Crippen molar-refractivity contribution in [3.05, 3.63) is 12.2 Å². The van der Waals surface area contributed by atoms with Crippen LogP contribution in [0.3, 0.4) is 0 Å². The molecule has 2 amide bonds. The van der Waals surface area contributed by atoms with Crippen LogP contribution in [0.25, 0.3) is 0 Å². The molecule has 0 aliphatic carbocycles. The third-order valence-electron chi connectivity index (χ3n) is 5.87. The summed E-state index contributed by atoms with van der Waals surface area (Å²) in [6.07, 6.45) is 18.4. The molecule has 0 aliphatic rings. The summed E-state index contributed by atoms with van der Waals surface area (Å²) in [4.78, 5) is 27.1. The van der Waals surface area contributed by atoms with Gasteiger partial charge in [-0.1, -0.05) is 50.7 Å². The Kier molecular flexibility index (Phi) is 23.6. The lowest BCUT2D eigenvalue weighted by atomic mass is 10.1. The molecule has 8 nitrogen and oxygen atoms in total. The molecule has 0 radical (unpaired) electrons. The first-order valence-electron chi connectivity index (χ1n) is 13.2. The van der Waals surface area contributed by atoms with E-state index in [0.717, 1.165) is 51.4 Å². The van der Waals surface area contributed by atoms with Gasteiger partial charge >= 0.3 is 0 Å². The summed E-state index contributed by atoms with van der Waals surface area (Å²) < 4.78 is 0. The SMILES string of the molecule is O=C(CCCCCCC/C=C/CCCCCCCC(=O)N(CCO)CCO)N(CCO)CCO. The van der Waals surface area contributed by atoms with Crippen LogP contribution >= 0.6 is 0 Å². The van der Waals surface area contributed by atoms with Gasteiger partial charge in [0.2, 0.25) is 11.8 Å². The second-order valence-electron chi connectivity index (χ2n) is 8.74. The Hall–Kier alpha value is -1.48. The van der Waals surface area contributed by atoms with Gasteiger partial charge in [-0.15, -0.1) is 0 Å². The number of amides is 2. The van der Waals surface area contributed by atoms with Crippen LogP contribution < -0.4 is 0 Å². The monoisotopic (exact) mass is 486 g/mol. The Bertz CT molecular complexity index is 460. The first-order valence-corrected chi connectivity index (χ1v) is 13.2. The number of allylic oxidation sites excluding steroid dienone is 2. The van der Waals surface area contributed by atoms with Crippen LogP contribution in [0.15, 0.2) is 12.2 Å². The molecular weight excluding hydrogens is 436 g/mol. The van der Waals surface area contributed by atoms with Crippen molar-refractivity contribution in [1.29, 1.82) is 0 Å². The van der Waals surface area contributed by atoms with Gasteiger partial charge in [0.05, 0.1) is 26.4 Å². The van der Waals surface area contributed by atoms with E-state index in [-0.39, 0.29) is 38.2 Å². The van der Waals surface area contributed by atoms with Crippen LogP contribution in [0.2, 0.25) is 0 Å². The molecule has 0 aromatic heterocycles. The number of hydrogen-bond donors (Lipinski definition) is 4. The molecule has 0 spiro atoms. The largest absolute Gasteiger partial charge is 0.395 e. The zero-order valence-electron chi connectivity index (χ0n) is 21.2. The van der Waals surface area contributed by atoms with Gasteiger partial charge in [0, 0.05) is 39.0 Å². The second kappa shape index (κ2) is 24.6. The predicted molar refractivity (Wildman–Crippen MR) is 135 cm³/mol. The number of unbranched alkanes of at least 4 members (excludes halogenated alkanes) is 10. The van der Waals surface area contributed by atoms with Gasteiger partial charge < -0.3 is 30.2 Å². The van der Waals surface area contributed by atoms with E-state index in [1.165, 1.54) is 35.5 Å². The Balaban J connectivity index is 3.52. The van der Waals surface area contributed by atoms with Crippen molar-refractivity contribution >= 4 is 11.8 Å². The quantitative estimate of drug-likeness (QED) is 0.123. The topological polar surface area (TPSA) is 122 Å². The molecule has 0 heterocycles. The Labute approximate surface area is 206 Å². The summed E-state index contributed by atoms with van der Waals surface area (Å²) >= 11 is 0. The van der Waals surface area contributed by atoms with Crippen LogP contribution in [0.1, 0.15) is 89.9 Å². The van der Waals surface area contributed by atoms with Crippen molar-refractivity contribution in [2.75, 3.05) is 52.6 Å². The highest BCUT2D eigenvalue weighted by atomic mass is 16.3. The highest BCUT2D eigenvalue weighted by Crippen LogP contribution is 2.11. The van der Waals surface area contributed by atoms with E-state index in [0.29, 0.717) is 39.0 Å². The van der Waals surface area contributed by atoms with Gasteiger partial charge in [-0.3, -0.25) is 9.59 Å². The number of nitrogens with zero attached hydrogens (tertiary/aromatic N) is 2. The Morgan fingerprint density at radius 3 is 1.09 bits per heavy atom. The minimum atomic E-state index is -0.0696. The van der Waals surface area contributed by atoms with E-state index in [4.69, 9.17) is 20.4 Å². The number of rotatable bonds is 24. The fourth-order valence-electron chi connectivity index (χ4n) is 3.89. The first kappa shape index (κ1) is 32.5. The number of hydrogen-bond acceptors (Lipinski definition) is 6. The average Bonchev–Trinajstić information content (AvgIpc) is 2.83. The summed E-state index contributed by atoms with van der Waals surface area (Å²) in [5, 5.41) is 35.9. The molecular formula is C26H50N2O6. The maximum absolute atomic E-state index is 12.0. The highest BCUT2D eigenvalue weighted by Gasteiger charge is 2.12. The Morgan fingerprint density at radius 2 is 0.765 bits per heavy atom. The van der Waals surface area contributed by atoms with Gasteiger partial charge in [0.15, 0.2) is 0 Å². The van der Waals surface area contributed by atoms with E-state index in [2.05, 4.69) is 12.2 Å². The maximum Gasteiger partial charge on any atom is 0.222 e. The molecule has 34 heavy (non-hydrogen) atoms. The van der Waals surface area contributed by atoms with Gasteiger partial charge in [0.1, 0.15) is 0 Å². The summed E-state index contributed by atoms with van der Waals surface area (Å²) in [7, 11) is 0. The summed E-state index contributed by atoms with van der Waals surface area (Å²) in [5.74, 6) is 0.0320. The molecule has 0 unspecified atom stereocenters. The van der Waals surface area contributed by atoms with Crippen molar-refractivity contribution in [3.63, 3.8) is 0 Å². The van der Waals surface area contributed by atoms with Crippen LogP contribution in [0, 0.1) is 0 Å². The molecule has 0 aromatic rings. The van der Waals surface area contributed by atoms with Crippen LogP contribution in [0.4, 0.5) is 0 Å². The first-order chi connectivity index (χ1) is 16.6. The lowest BCUT2D eigenvalue weighted by molar-refractivity contribution is -0.133. The average molecular weight is 487 g/mol. The third-order valence-corrected chi connectivity index (χ3v) is 5.87. The molecule has 8 heteroatoms. The molecule has 0 bridgehead atoms. The normalized spacial score (nSPS) is 11.3. The standard InChI is InChI=1S/C26H50N2O6/c29-21-17-27(18-22-30)25(33)15-13-11-9-7-5-3-1-2-4-6-8-10-12-14-16-26(34)28(19-23-31)20-24-32/h1-2,29-32H,3-24H2/b2-1+. The fourth-order valence-corrected chi connectivity index (χ4v) is 3.89. The zero-order valence-corrected chi connectivity index (χ0v) is 21.2. The van der Waals surface area contributed by atoms with Gasteiger partial charge in [-0.2, -0.15) is 0 Å². The van der Waals surface area contributed by atoms with Crippen molar-refractivity contribution in [1.82, 2.24) is 9.80 Å². The van der Waals surface area contributed by atoms with Crippen LogP contribution in [0.5, 0.6) is 0 Å². The van der Waals surface area contributed by atoms with Crippen LogP contribution in [-0.4, -0.2) is 94.6 Å². The molecule has 4 N–H and O–H groups in total. The molecule has 0 rings (SSSR count). The highest BCUT2D eigenvalue weighted by molar-refractivity contribution is 5.76. The molecule has 0 fully saturated rings. The van der Waals surface area contributed by atoms with E-state index >= 15 is 0 Å². The van der Waals surface area contributed by atoms with E-state index < -0.39 is 0 Å². The predicted octanol–water partition coefficient (Wildman–Crippen LogP) is 2.63. The number of aliphatic hydroxyl groups excluding tert-OH is 4. The molecule has 0 saturated carbocycles. The van der Waals surface area contributed by atoms with Gasteiger partial charge in [-0.05, 0) is 38.5 Å².